The van der Waals surface area contributed by atoms with E-state index in [1.807, 2.05) is 25.1 Å². The molecule has 1 saturated heterocycles. The number of hydrogen-bond donors (Lipinski definition) is 2. The Morgan fingerprint density at radius 2 is 2.22 bits per heavy atom. The number of thiocarbonyl (C=S) groups is 1. The minimum absolute atomic E-state index is 0.00950. The maximum atomic E-state index is 12.2. The summed E-state index contributed by atoms with van der Waals surface area (Å²) in [5.41, 5.74) is 1.91. The minimum Gasteiger partial charge on any atom is -0.358 e. The molecule has 1 atom stereocenters. The van der Waals surface area contributed by atoms with Gasteiger partial charge in [-0.25, -0.2) is 0 Å². The van der Waals surface area contributed by atoms with Crippen LogP contribution in [0.15, 0.2) is 22.7 Å². The number of hydrogen-bond acceptors (Lipinski definition) is 2. The Morgan fingerprint density at radius 1 is 1.52 bits per heavy atom. The molecule has 6 heteroatoms. The molecular formula is C17H24BrN3OS. The number of carbonyl (C=O) groups excluding carboxylic acids is 1. The van der Waals surface area contributed by atoms with E-state index in [2.05, 4.69) is 52.2 Å². The zero-order valence-electron chi connectivity index (χ0n) is 14.1. The van der Waals surface area contributed by atoms with E-state index in [9.17, 15) is 4.79 Å². The lowest BCUT2D eigenvalue weighted by Gasteiger charge is -2.44. The lowest BCUT2D eigenvalue weighted by molar-refractivity contribution is -0.116. The number of benzene rings is 1. The van der Waals surface area contributed by atoms with Crippen LogP contribution in [-0.4, -0.2) is 34.0 Å². The molecule has 1 heterocycles. The number of nitrogens with zero attached hydrogens (tertiary/aromatic N) is 1. The van der Waals surface area contributed by atoms with Gasteiger partial charge < -0.3 is 15.5 Å². The third kappa shape index (κ3) is 4.91. The highest BCUT2D eigenvalue weighted by Gasteiger charge is 2.32. The number of amides is 1. The number of nitrogens with one attached hydrogen (secondary N) is 2. The van der Waals surface area contributed by atoms with Gasteiger partial charge in [0.1, 0.15) is 0 Å². The van der Waals surface area contributed by atoms with Gasteiger partial charge in [0.05, 0.1) is 0 Å². The summed E-state index contributed by atoms with van der Waals surface area (Å²) in [6.07, 6.45) is 1.42. The highest BCUT2D eigenvalue weighted by molar-refractivity contribution is 9.10. The van der Waals surface area contributed by atoms with Gasteiger partial charge in [0, 0.05) is 34.7 Å². The van der Waals surface area contributed by atoms with E-state index in [4.69, 9.17) is 12.2 Å². The molecule has 0 unspecified atom stereocenters. The first-order valence-corrected chi connectivity index (χ1v) is 9.03. The van der Waals surface area contributed by atoms with E-state index in [-0.39, 0.29) is 11.4 Å². The highest BCUT2D eigenvalue weighted by Crippen LogP contribution is 2.23. The van der Waals surface area contributed by atoms with Crippen LogP contribution in [0.3, 0.4) is 0 Å². The number of rotatable bonds is 4. The van der Waals surface area contributed by atoms with E-state index in [1.165, 1.54) is 0 Å². The standard InChI is InChI=1S/C17H24BrN3OS/c1-11-9-13(18)5-6-14(11)19-15(22)7-8-21-12(2)10-17(3,4)20-16(21)23/h5-6,9,12H,7-8,10H2,1-4H3,(H,19,22)(H,20,23)/t12-/m1/s1. The van der Waals surface area contributed by atoms with Gasteiger partial charge in [-0.05, 0) is 70.1 Å². The Hall–Kier alpha value is -1.14. The first-order valence-electron chi connectivity index (χ1n) is 7.83. The van der Waals surface area contributed by atoms with Crippen LogP contribution in [0, 0.1) is 6.92 Å². The SMILES string of the molecule is Cc1cc(Br)ccc1NC(=O)CCN1C(=S)NC(C)(C)C[C@H]1C. The zero-order chi connectivity index (χ0) is 17.2. The Morgan fingerprint density at radius 3 is 2.83 bits per heavy atom. The van der Waals surface area contributed by atoms with Crippen molar-refractivity contribution < 1.29 is 4.79 Å². The fourth-order valence-corrected chi connectivity index (χ4v) is 4.01. The van der Waals surface area contributed by atoms with Gasteiger partial charge in [-0.1, -0.05) is 15.9 Å². The summed E-state index contributed by atoms with van der Waals surface area (Å²) in [4.78, 5) is 14.3. The van der Waals surface area contributed by atoms with Crippen molar-refractivity contribution in [3.05, 3.63) is 28.2 Å². The second-order valence-corrected chi connectivity index (χ2v) is 8.12. The zero-order valence-corrected chi connectivity index (χ0v) is 16.5. The van der Waals surface area contributed by atoms with Crippen molar-refractivity contribution in [2.75, 3.05) is 11.9 Å². The van der Waals surface area contributed by atoms with Crippen LogP contribution in [-0.2, 0) is 4.79 Å². The van der Waals surface area contributed by atoms with Crippen molar-refractivity contribution in [1.82, 2.24) is 10.2 Å². The molecule has 0 saturated carbocycles. The van der Waals surface area contributed by atoms with Gasteiger partial charge in [0.2, 0.25) is 5.91 Å². The maximum absolute atomic E-state index is 12.2. The molecule has 1 aromatic carbocycles. The predicted molar refractivity (Wildman–Crippen MR) is 103 cm³/mol. The molecule has 1 aliphatic rings. The number of anilines is 1. The Bertz CT molecular complexity index is 618. The van der Waals surface area contributed by atoms with Crippen LogP contribution in [0.5, 0.6) is 0 Å². The van der Waals surface area contributed by atoms with Crippen molar-refractivity contribution >= 4 is 44.9 Å². The van der Waals surface area contributed by atoms with Gasteiger partial charge in [0.25, 0.3) is 0 Å². The molecule has 4 nitrogen and oxygen atoms in total. The van der Waals surface area contributed by atoms with Crippen LogP contribution >= 0.6 is 28.1 Å². The van der Waals surface area contributed by atoms with Crippen molar-refractivity contribution in [3.63, 3.8) is 0 Å². The molecule has 126 valence electrons. The first-order chi connectivity index (χ1) is 10.7. The van der Waals surface area contributed by atoms with Crippen molar-refractivity contribution in [2.45, 2.75) is 52.1 Å². The topological polar surface area (TPSA) is 44.4 Å². The molecule has 1 amide bonds. The van der Waals surface area contributed by atoms with Gasteiger partial charge in [-0.15, -0.1) is 0 Å². The quantitative estimate of drug-likeness (QED) is 0.757. The van der Waals surface area contributed by atoms with Crippen LogP contribution < -0.4 is 10.6 Å². The average Bonchev–Trinajstić information content (AvgIpc) is 2.39. The van der Waals surface area contributed by atoms with E-state index in [0.717, 1.165) is 27.3 Å². The maximum Gasteiger partial charge on any atom is 0.226 e. The second kappa shape index (κ2) is 7.18. The number of carbonyl (C=O) groups is 1. The molecule has 0 aliphatic carbocycles. The van der Waals surface area contributed by atoms with Gasteiger partial charge in [-0.3, -0.25) is 4.79 Å². The monoisotopic (exact) mass is 397 g/mol. The van der Waals surface area contributed by atoms with E-state index in [0.29, 0.717) is 19.0 Å². The summed E-state index contributed by atoms with van der Waals surface area (Å²) in [6.45, 7) is 9.07. The van der Waals surface area contributed by atoms with E-state index in [1.54, 1.807) is 0 Å². The van der Waals surface area contributed by atoms with Crippen LogP contribution in [0.1, 0.15) is 39.2 Å². The van der Waals surface area contributed by atoms with Gasteiger partial charge in [0.15, 0.2) is 5.11 Å². The molecule has 0 bridgehead atoms. The van der Waals surface area contributed by atoms with E-state index < -0.39 is 0 Å². The molecule has 1 aliphatic heterocycles. The summed E-state index contributed by atoms with van der Waals surface area (Å²) in [5.74, 6) is 0.00950. The third-order valence-electron chi connectivity index (χ3n) is 4.09. The third-order valence-corrected chi connectivity index (χ3v) is 4.92. The molecule has 1 aromatic rings. The smallest absolute Gasteiger partial charge is 0.226 e. The Balaban J connectivity index is 1.90. The summed E-state index contributed by atoms with van der Waals surface area (Å²) >= 11 is 8.87. The summed E-state index contributed by atoms with van der Waals surface area (Å²) < 4.78 is 1.01. The fourth-order valence-electron chi connectivity index (χ4n) is 2.99. The lowest BCUT2D eigenvalue weighted by atomic mass is 9.93. The largest absolute Gasteiger partial charge is 0.358 e. The first kappa shape index (κ1) is 18.2. The molecule has 0 radical (unpaired) electrons. The van der Waals surface area contributed by atoms with Crippen LogP contribution in [0.2, 0.25) is 0 Å². The van der Waals surface area contributed by atoms with Crippen molar-refractivity contribution in [3.8, 4) is 0 Å². The Labute approximate surface area is 152 Å². The normalized spacial score (nSPS) is 20.1. The minimum atomic E-state index is 0.00950. The van der Waals surface area contributed by atoms with Crippen LogP contribution in [0.25, 0.3) is 0 Å². The average molecular weight is 398 g/mol. The van der Waals surface area contributed by atoms with Gasteiger partial charge in [-0.2, -0.15) is 0 Å². The molecule has 2 N–H and O–H groups in total. The summed E-state index contributed by atoms with van der Waals surface area (Å²) in [6, 6.07) is 6.16. The van der Waals surface area contributed by atoms with Gasteiger partial charge >= 0.3 is 0 Å². The molecule has 1 fully saturated rings. The fraction of sp³-hybridized carbons (Fsp3) is 0.529. The Kier molecular flexibility index (Phi) is 5.68. The van der Waals surface area contributed by atoms with Crippen molar-refractivity contribution in [1.29, 1.82) is 0 Å². The predicted octanol–water partition coefficient (Wildman–Crippen LogP) is 3.83. The highest BCUT2D eigenvalue weighted by atomic mass is 79.9. The second-order valence-electron chi connectivity index (χ2n) is 6.82. The number of aryl methyl sites for hydroxylation is 1. The molecule has 0 spiro atoms. The summed E-state index contributed by atoms with van der Waals surface area (Å²) in [7, 11) is 0. The number of halogens is 1. The molecule has 0 aromatic heterocycles. The molecule has 2 rings (SSSR count). The molecular weight excluding hydrogens is 374 g/mol. The molecule has 23 heavy (non-hydrogen) atoms. The van der Waals surface area contributed by atoms with Crippen LogP contribution in [0.4, 0.5) is 5.69 Å². The summed E-state index contributed by atoms with van der Waals surface area (Å²) in [5, 5.41) is 7.06. The van der Waals surface area contributed by atoms with E-state index >= 15 is 0 Å². The lowest BCUT2D eigenvalue weighted by Crippen LogP contribution is -2.60. The van der Waals surface area contributed by atoms with Crippen molar-refractivity contribution in [2.24, 2.45) is 0 Å².